The molecule has 29 heavy (non-hydrogen) atoms. The molecule has 0 amide bonds. The van der Waals surface area contributed by atoms with Crippen molar-refractivity contribution in [1.82, 2.24) is 19.9 Å². The number of hydrogen-bond acceptors (Lipinski definition) is 3. The summed E-state index contributed by atoms with van der Waals surface area (Å²) in [6.07, 6.45) is 4.02. The zero-order chi connectivity index (χ0) is 20.6. The van der Waals surface area contributed by atoms with E-state index >= 15 is 0 Å². The van der Waals surface area contributed by atoms with Crippen LogP contribution in [0.1, 0.15) is 33.3 Å². The molecule has 1 aromatic carbocycles. The molecular formula is C20H32IN5O2S. The van der Waals surface area contributed by atoms with Crippen LogP contribution in [0.25, 0.3) is 0 Å². The summed E-state index contributed by atoms with van der Waals surface area (Å²) in [5, 5.41) is 6.47. The molecule has 0 aliphatic carbocycles. The van der Waals surface area contributed by atoms with Crippen molar-refractivity contribution in [2.75, 3.05) is 13.1 Å². The first-order valence-electron chi connectivity index (χ1n) is 9.46. The molecule has 0 fully saturated rings. The molecule has 7 nitrogen and oxygen atoms in total. The molecule has 0 aliphatic heterocycles. The lowest BCUT2D eigenvalue weighted by Crippen LogP contribution is -2.41. The fourth-order valence-electron chi connectivity index (χ4n) is 2.68. The first-order valence-corrected chi connectivity index (χ1v) is 10.9. The zero-order valence-electron chi connectivity index (χ0n) is 17.5. The van der Waals surface area contributed by atoms with Gasteiger partial charge in [0.15, 0.2) is 5.96 Å². The molecule has 0 aliphatic rings. The first kappa shape index (κ1) is 25.4. The van der Waals surface area contributed by atoms with Gasteiger partial charge in [0.2, 0.25) is 10.0 Å². The smallest absolute Gasteiger partial charge is 0.241 e. The van der Waals surface area contributed by atoms with Crippen molar-refractivity contribution >= 4 is 40.0 Å². The summed E-state index contributed by atoms with van der Waals surface area (Å²) in [6.45, 7) is 9.98. The van der Waals surface area contributed by atoms with Crippen molar-refractivity contribution in [3.8, 4) is 0 Å². The fourth-order valence-corrected chi connectivity index (χ4v) is 4.33. The maximum atomic E-state index is 12.7. The number of guanidine groups is 1. The topological polar surface area (TPSA) is 87.5 Å². The highest BCUT2D eigenvalue weighted by Gasteiger charge is 2.24. The summed E-state index contributed by atoms with van der Waals surface area (Å²) in [7, 11) is -3.62. The van der Waals surface area contributed by atoms with Crippen LogP contribution in [0, 0.1) is 0 Å². The Balaban J connectivity index is 0.00000420. The summed E-state index contributed by atoms with van der Waals surface area (Å²) >= 11 is 0. The second kappa shape index (κ2) is 11.6. The second-order valence-electron chi connectivity index (χ2n) is 7.51. The van der Waals surface area contributed by atoms with Gasteiger partial charge >= 0.3 is 0 Å². The number of nitrogens with zero attached hydrogens (tertiary/aromatic N) is 2. The van der Waals surface area contributed by atoms with Crippen LogP contribution in [0.3, 0.4) is 0 Å². The van der Waals surface area contributed by atoms with Crippen LogP contribution in [0.15, 0.2) is 58.7 Å². The predicted molar refractivity (Wildman–Crippen MR) is 129 cm³/mol. The lowest BCUT2D eigenvalue weighted by Gasteiger charge is -2.21. The average molecular weight is 533 g/mol. The standard InChI is InChI=1S/C20H31N5O2S.HI/c1-5-21-19(22-12-15-25-13-8-9-14-25)23-16-17-10-6-7-11-18(17)28(26,27)24-20(2,3)4;/h6-11,13-14,24H,5,12,15-16H2,1-4H3,(H2,21,22,23);1H. The highest BCUT2D eigenvalue weighted by atomic mass is 127. The number of aromatic nitrogens is 1. The molecule has 3 N–H and O–H groups in total. The minimum atomic E-state index is -3.62. The van der Waals surface area contributed by atoms with Crippen LogP contribution in [0.4, 0.5) is 0 Å². The maximum Gasteiger partial charge on any atom is 0.241 e. The first-order chi connectivity index (χ1) is 13.2. The van der Waals surface area contributed by atoms with Crippen molar-refractivity contribution < 1.29 is 8.42 Å². The largest absolute Gasteiger partial charge is 0.357 e. The molecule has 0 saturated heterocycles. The summed E-state index contributed by atoms with van der Waals surface area (Å²) in [6, 6.07) is 10.9. The molecule has 9 heteroatoms. The molecule has 162 valence electrons. The van der Waals surface area contributed by atoms with Gasteiger partial charge in [0.25, 0.3) is 0 Å². The van der Waals surface area contributed by atoms with Crippen molar-refractivity contribution in [3.05, 3.63) is 54.4 Å². The molecular weight excluding hydrogens is 501 g/mol. The molecule has 0 spiro atoms. The van der Waals surface area contributed by atoms with Gasteiger partial charge in [0, 0.05) is 37.6 Å². The number of sulfonamides is 1. The monoisotopic (exact) mass is 533 g/mol. The normalized spacial score (nSPS) is 12.3. The molecule has 0 radical (unpaired) electrons. The second-order valence-corrected chi connectivity index (χ2v) is 9.16. The Labute approximate surface area is 191 Å². The molecule has 0 saturated carbocycles. The molecule has 1 aromatic heterocycles. The molecule has 0 unspecified atom stereocenters. The highest BCUT2D eigenvalue weighted by Crippen LogP contribution is 2.18. The minimum absolute atomic E-state index is 0. The molecule has 1 heterocycles. The average Bonchev–Trinajstić information content (AvgIpc) is 3.11. The Morgan fingerprint density at radius 3 is 2.34 bits per heavy atom. The Morgan fingerprint density at radius 2 is 1.72 bits per heavy atom. The Morgan fingerprint density at radius 1 is 1.07 bits per heavy atom. The van der Waals surface area contributed by atoms with Crippen LogP contribution in [-0.2, 0) is 23.1 Å². The van der Waals surface area contributed by atoms with Crippen molar-refractivity contribution in [2.45, 2.75) is 51.2 Å². The van der Waals surface area contributed by atoms with Crippen LogP contribution < -0.4 is 15.4 Å². The van der Waals surface area contributed by atoms with Gasteiger partial charge in [-0.15, -0.1) is 24.0 Å². The number of hydrogen-bond donors (Lipinski definition) is 3. The number of aliphatic imine (C=N–C) groups is 1. The van der Waals surface area contributed by atoms with Gasteiger partial charge in [-0.1, -0.05) is 18.2 Å². The maximum absolute atomic E-state index is 12.7. The van der Waals surface area contributed by atoms with E-state index in [1.165, 1.54) is 0 Å². The number of benzene rings is 1. The fraction of sp³-hybridized carbons (Fsp3) is 0.450. The van der Waals surface area contributed by atoms with E-state index in [2.05, 4.69) is 24.9 Å². The molecule has 2 aromatic rings. The minimum Gasteiger partial charge on any atom is -0.357 e. The number of halogens is 1. The van der Waals surface area contributed by atoms with Gasteiger partial charge in [-0.05, 0) is 51.5 Å². The summed E-state index contributed by atoms with van der Waals surface area (Å²) < 4.78 is 30.3. The van der Waals surface area contributed by atoms with E-state index in [0.717, 1.165) is 13.1 Å². The van der Waals surface area contributed by atoms with Crippen LogP contribution in [0.2, 0.25) is 0 Å². The van der Waals surface area contributed by atoms with Crippen LogP contribution in [0.5, 0.6) is 0 Å². The number of nitrogens with one attached hydrogen (secondary N) is 3. The van der Waals surface area contributed by atoms with Gasteiger partial charge in [-0.2, -0.15) is 0 Å². The Hall–Kier alpha value is -1.59. The van der Waals surface area contributed by atoms with Gasteiger partial charge in [-0.3, -0.25) is 0 Å². The van der Waals surface area contributed by atoms with Crippen molar-refractivity contribution in [2.24, 2.45) is 4.99 Å². The summed E-state index contributed by atoms with van der Waals surface area (Å²) in [5.74, 6) is 0.658. The van der Waals surface area contributed by atoms with Gasteiger partial charge in [-0.25, -0.2) is 18.1 Å². The summed E-state index contributed by atoms with van der Waals surface area (Å²) in [5.41, 5.74) is 0.103. The van der Waals surface area contributed by atoms with Gasteiger partial charge in [0.1, 0.15) is 0 Å². The van der Waals surface area contributed by atoms with Crippen molar-refractivity contribution in [3.63, 3.8) is 0 Å². The van der Waals surface area contributed by atoms with Crippen LogP contribution >= 0.6 is 24.0 Å². The summed E-state index contributed by atoms with van der Waals surface area (Å²) in [4.78, 5) is 4.83. The molecule has 0 bridgehead atoms. The van der Waals surface area contributed by atoms with Gasteiger partial charge < -0.3 is 15.2 Å². The quantitative estimate of drug-likeness (QED) is 0.277. The third kappa shape index (κ3) is 8.75. The van der Waals surface area contributed by atoms with E-state index in [1.807, 2.05) is 58.3 Å². The van der Waals surface area contributed by atoms with Gasteiger partial charge in [0.05, 0.1) is 11.4 Å². The SMILES string of the molecule is CCNC(=NCc1ccccc1S(=O)(=O)NC(C)(C)C)NCCn1cccc1.I. The third-order valence-electron chi connectivity index (χ3n) is 3.78. The Kier molecular flexibility index (Phi) is 10.1. The highest BCUT2D eigenvalue weighted by molar-refractivity contribution is 14.0. The van der Waals surface area contributed by atoms with Crippen molar-refractivity contribution in [1.29, 1.82) is 0 Å². The lowest BCUT2D eigenvalue weighted by atomic mass is 10.1. The molecule has 2 rings (SSSR count). The lowest BCUT2D eigenvalue weighted by molar-refractivity contribution is 0.491. The Bertz CT molecular complexity index is 875. The van der Waals surface area contributed by atoms with E-state index in [4.69, 9.17) is 0 Å². The van der Waals surface area contributed by atoms with E-state index in [-0.39, 0.29) is 35.4 Å². The zero-order valence-corrected chi connectivity index (χ0v) is 20.6. The van der Waals surface area contributed by atoms with E-state index in [0.29, 0.717) is 18.1 Å². The third-order valence-corrected chi connectivity index (χ3v) is 5.64. The van der Waals surface area contributed by atoms with E-state index in [1.54, 1.807) is 18.2 Å². The predicted octanol–water partition coefficient (Wildman–Crippen LogP) is 2.94. The number of rotatable bonds is 8. The van der Waals surface area contributed by atoms with Crippen LogP contribution in [-0.4, -0.2) is 37.6 Å². The van der Waals surface area contributed by atoms with E-state index < -0.39 is 15.6 Å². The molecule has 0 atom stereocenters. The van der Waals surface area contributed by atoms with E-state index in [9.17, 15) is 8.42 Å².